The van der Waals surface area contributed by atoms with Crippen molar-refractivity contribution >= 4 is 12.4 Å². The lowest BCUT2D eigenvalue weighted by molar-refractivity contribution is -0.149. The molecule has 80 valence electrons. The summed E-state index contributed by atoms with van der Waals surface area (Å²) in [5.74, 6) is -0.499. The minimum atomic E-state index is -1.13. The number of esters is 1. The van der Waals surface area contributed by atoms with Crippen LogP contribution in [0.25, 0.3) is 0 Å². The average molecular weight is 207 g/mol. The van der Waals surface area contributed by atoms with Crippen molar-refractivity contribution in [1.29, 1.82) is 0 Å². The van der Waals surface area contributed by atoms with Gasteiger partial charge >= 0.3 is 5.97 Å². The first kappa shape index (κ1) is 11.2. The molecule has 0 heterocycles. The van der Waals surface area contributed by atoms with E-state index in [2.05, 4.69) is 10.1 Å². The molecular weight excluding hydrogens is 194 g/mol. The predicted molar refractivity (Wildman–Crippen MR) is 55.0 cm³/mol. The Balaban J connectivity index is 3.12. The molecule has 1 aromatic rings. The molecule has 0 unspecified atom stereocenters. The molecule has 0 aliphatic carbocycles. The molecule has 4 heteroatoms. The lowest BCUT2D eigenvalue weighted by atomic mass is 9.92. The van der Waals surface area contributed by atoms with E-state index in [1.807, 2.05) is 6.07 Å². The second kappa shape index (κ2) is 4.59. The Bertz CT molecular complexity index is 350. The van der Waals surface area contributed by atoms with Crippen LogP contribution < -0.4 is 5.32 Å². The highest BCUT2D eigenvalue weighted by atomic mass is 16.5. The molecule has 1 aromatic carbocycles. The Hall–Kier alpha value is -1.84. The van der Waals surface area contributed by atoms with Crippen molar-refractivity contribution in [1.82, 2.24) is 5.32 Å². The van der Waals surface area contributed by atoms with E-state index >= 15 is 0 Å². The van der Waals surface area contributed by atoms with Gasteiger partial charge in [0.05, 0.1) is 7.11 Å². The van der Waals surface area contributed by atoms with E-state index in [4.69, 9.17) is 0 Å². The third kappa shape index (κ3) is 2.15. The second-order valence-corrected chi connectivity index (χ2v) is 3.24. The molecule has 0 spiro atoms. The molecule has 0 bridgehead atoms. The summed E-state index contributed by atoms with van der Waals surface area (Å²) in [5, 5.41) is 2.47. The van der Waals surface area contributed by atoms with Gasteiger partial charge < -0.3 is 10.1 Å². The van der Waals surface area contributed by atoms with Crippen LogP contribution >= 0.6 is 0 Å². The summed E-state index contributed by atoms with van der Waals surface area (Å²) >= 11 is 0. The number of carbonyl (C=O) groups excluding carboxylic acids is 2. The molecule has 1 N–H and O–H groups in total. The smallest absolute Gasteiger partial charge is 0.335 e. The first-order valence-corrected chi connectivity index (χ1v) is 4.50. The minimum Gasteiger partial charge on any atom is -0.467 e. The molecular formula is C11H13NO3. The zero-order valence-corrected chi connectivity index (χ0v) is 8.69. The fourth-order valence-electron chi connectivity index (χ4n) is 1.35. The summed E-state index contributed by atoms with van der Waals surface area (Å²) in [6, 6.07) is 8.94. The molecule has 0 saturated heterocycles. The number of rotatable bonds is 4. The van der Waals surface area contributed by atoms with E-state index in [1.165, 1.54) is 7.11 Å². The number of methoxy groups -OCH3 is 1. The van der Waals surface area contributed by atoms with Crippen LogP contribution in [0.3, 0.4) is 0 Å². The van der Waals surface area contributed by atoms with E-state index in [0.717, 1.165) is 0 Å². The van der Waals surface area contributed by atoms with Crippen LogP contribution in [0.4, 0.5) is 0 Å². The van der Waals surface area contributed by atoms with E-state index in [-0.39, 0.29) is 0 Å². The maximum Gasteiger partial charge on any atom is 0.335 e. The third-order valence-corrected chi connectivity index (χ3v) is 2.29. The van der Waals surface area contributed by atoms with Crippen LogP contribution in [0.15, 0.2) is 30.3 Å². The van der Waals surface area contributed by atoms with Gasteiger partial charge in [0.25, 0.3) is 0 Å². The van der Waals surface area contributed by atoms with Gasteiger partial charge in [0.1, 0.15) is 0 Å². The number of carbonyl (C=O) groups is 2. The molecule has 1 atom stereocenters. The summed E-state index contributed by atoms with van der Waals surface area (Å²) in [4.78, 5) is 22.1. The quantitative estimate of drug-likeness (QED) is 0.587. The summed E-state index contributed by atoms with van der Waals surface area (Å²) in [7, 11) is 1.29. The molecule has 4 nitrogen and oxygen atoms in total. The molecule has 1 amide bonds. The van der Waals surface area contributed by atoms with Gasteiger partial charge in [-0.3, -0.25) is 4.79 Å². The molecule has 0 aromatic heterocycles. The lowest BCUT2D eigenvalue weighted by Crippen LogP contribution is -2.46. The topological polar surface area (TPSA) is 55.4 Å². The van der Waals surface area contributed by atoms with Gasteiger partial charge in [-0.25, -0.2) is 4.79 Å². The summed E-state index contributed by atoms with van der Waals surface area (Å²) < 4.78 is 4.66. The minimum absolute atomic E-state index is 0.490. The van der Waals surface area contributed by atoms with Crippen LogP contribution in [-0.4, -0.2) is 19.5 Å². The van der Waals surface area contributed by atoms with Crippen LogP contribution in [0.5, 0.6) is 0 Å². The van der Waals surface area contributed by atoms with E-state index < -0.39 is 11.5 Å². The normalized spacial score (nSPS) is 13.7. The zero-order chi connectivity index (χ0) is 11.3. The fraction of sp³-hybridized carbons (Fsp3) is 0.273. The van der Waals surface area contributed by atoms with Gasteiger partial charge in [0.15, 0.2) is 5.54 Å². The monoisotopic (exact) mass is 207 g/mol. The average Bonchev–Trinajstić information content (AvgIpc) is 2.29. The molecule has 0 saturated carbocycles. The van der Waals surface area contributed by atoms with Crippen molar-refractivity contribution in [3.63, 3.8) is 0 Å². The SMILES string of the molecule is COC(=O)[C@](C)(NC=O)c1ccccc1. The van der Waals surface area contributed by atoms with E-state index in [9.17, 15) is 9.59 Å². The van der Waals surface area contributed by atoms with E-state index in [0.29, 0.717) is 12.0 Å². The van der Waals surface area contributed by atoms with Gasteiger partial charge in [-0.05, 0) is 12.5 Å². The van der Waals surface area contributed by atoms with Crippen molar-refractivity contribution in [2.24, 2.45) is 0 Å². The maximum absolute atomic E-state index is 11.6. The maximum atomic E-state index is 11.6. The van der Waals surface area contributed by atoms with Gasteiger partial charge in [0.2, 0.25) is 6.41 Å². The number of hydrogen-bond acceptors (Lipinski definition) is 3. The van der Waals surface area contributed by atoms with Crippen LogP contribution in [0.1, 0.15) is 12.5 Å². The van der Waals surface area contributed by atoms with Crippen LogP contribution in [-0.2, 0) is 19.9 Å². The molecule has 1 rings (SSSR count). The summed E-state index contributed by atoms with van der Waals surface area (Å²) in [6.07, 6.45) is 0.490. The Labute approximate surface area is 88.2 Å². The zero-order valence-electron chi connectivity index (χ0n) is 8.69. The lowest BCUT2D eigenvalue weighted by Gasteiger charge is -2.26. The molecule has 0 radical (unpaired) electrons. The first-order chi connectivity index (χ1) is 7.15. The first-order valence-electron chi connectivity index (χ1n) is 4.50. The number of hydrogen-bond donors (Lipinski definition) is 1. The Kier molecular flexibility index (Phi) is 3.44. The Morgan fingerprint density at radius 2 is 2.00 bits per heavy atom. The van der Waals surface area contributed by atoms with Gasteiger partial charge in [-0.2, -0.15) is 0 Å². The Morgan fingerprint density at radius 1 is 1.40 bits per heavy atom. The highest BCUT2D eigenvalue weighted by Crippen LogP contribution is 2.21. The number of nitrogens with one attached hydrogen (secondary N) is 1. The van der Waals surface area contributed by atoms with Gasteiger partial charge in [-0.15, -0.1) is 0 Å². The van der Waals surface area contributed by atoms with Crippen molar-refractivity contribution < 1.29 is 14.3 Å². The van der Waals surface area contributed by atoms with Gasteiger partial charge in [-0.1, -0.05) is 30.3 Å². The molecule has 0 aliphatic rings. The summed E-state index contributed by atoms with van der Waals surface area (Å²) in [5.41, 5.74) is -0.443. The number of benzene rings is 1. The van der Waals surface area contributed by atoms with Crippen molar-refractivity contribution in [2.45, 2.75) is 12.5 Å². The number of amides is 1. The largest absolute Gasteiger partial charge is 0.467 e. The van der Waals surface area contributed by atoms with Crippen molar-refractivity contribution in [3.05, 3.63) is 35.9 Å². The van der Waals surface area contributed by atoms with Crippen LogP contribution in [0, 0.1) is 0 Å². The van der Waals surface area contributed by atoms with Gasteiger partial charge in [0, 0.05) is 0 Å². The Morgan fingerprint density at radius 3 is 2.47 bits per heavy atom. The highest BCUT2D eigenvalue weighted by Gasteiger charge is 2.35. The molecule has 0 fully saturated rings. The van der Waals surface area contributed by atoms with Crippen molar-refractivity contribution in [3.8, 4) is 0 Å². The molecule has 0 aliphatic heterocycles. The number of ether oxygens (including phenoxy) is 1. The summed E-state index contributed by atoms with van der Waals surface area (Å²) in [6.45, 7) is 1.60. The second-order valence-electron chi connectivity index (χ2n) is 3.24. The third-order valence-electron chi connectivity index (χ3n) is 2.29. The fourth-order valence-corrected chi connectivity index (χ4v) is 1.35. The highest BCUT2D eigenvalue weighted by molar-refractivity contribution is 5.84. The molecule has 15 heavy (non-hydrogen) atoms. The van der Waals surface area contributed by atoms with E-state index in [1.54, 1.807) is 31.2 Å². The standard InChI is InChI=1S/C11H13NO3/c1-11(12-8-13,10(14)15-2)9-6-4-3-5-7-9/h3-8H,1-2H3,(H,12,13)/t11-/m1/s1. The predicted octanol–water partition coefficient (Wildman–Crippen LogP) is 0.821. The van der Waals surface area contributed by atoms with Crippen molar-refractivity contribution in [2.75, 3.05) is 7.11 Å². The van der Waals surface area contributed by atoms with Crippen LogP contribution in [0.2, 0.25) is 0 Å².